The number of benzene rings is 6. The van der Waals surface area contributed by atoms with Crippen LogP contribution >= 0.6 is 0 Å². The van der Waals surface area contributed by atoms with Crippen LogP contribution in [0, 0.1) is 0 Å². The zero-order valence-electron chi connectivity index (χ0n) is 38.8. The fraction of sp³-hybridized carbons (Fsp3) is 0.358. The molecular weight excluding hydrogens is 911 g/mol. The average molecular weight is 960 g/mol. The molecule has 0 aromatic heterocycles. The van der Waals surface area contributed by atoms with Crippen LogP contribution in [-0.4, -0.2) is 19.1 Å². The molecule has 0 amide bonds. The van der Waals surface area contributed by atoms with E-state index in [1.807, 2.05) is 54.3 Å². The molecule has 2 atom stereocenters. The highest BCUT2D eigenvalue weighted by molar-refractivity contribution is 5.92. The van der Waals surface area contributed by atoms with Crippen molar-refractivity contribution in [2.24, 2.45) is 0 Å². The highest BCUT2D eigenvalue weighted by Crippen LogP contribution is 2.57. The number of hydrogen-bond acceptors (Lipinski definition) is 3. The number of ether oxygens (including phenoxy) is 2. The summed E-state index contributed by atoms with van der Waals surface area (Å²) in [5.74, 6) is -0.0377. The van der Waals surface area contributed by atoms with E-state index >= 15 is 0 Å². The van der Waals surface area contributed by atoms with E-state index in [1.165, 1.54) is 14.2 Å². The summed E-state index contributed by atoms with van der Waals surface area (Å²) in [4.78, 5) is 1.89. The van der Waals surface area contributed by atoms with Crippen molar-refractivity contribution in [3.05, 3.63) is 141 Å². The normalized spacial score (nSPS) is 15.8. The van der Waals surface area contributed by atoms with Crippen LogP contribution in [0.5, 0.6) is 11.5 Å². The SMILES string of the molecule is COc1c(C(C)(C)C)cc2c(c1-c1cc(C(F)(F)F)cc(C(F)(F)F)c1)CN(C(C)c1cccc3ccccc13)C(C)c1c-2cc(C(C)(C)C)c(OC)c1-c1cc(C(F)(F)F)cc(C(F)(F)F)c1. The third kappa shape index (κ3) is 9.26. The molecule has 2 unspecified atom stereocenters. The van der Waals surface area contributed by atoms with Gasteiger partial charge in [-0.15, -0.1) is 0 Å². The van der Waals surface area contributed by atoms with Crippen molar-refractivity contribution in [3.63, 3.8) is 0 Å². The minimum atomic E-state index is -5.23. The van der Waals surface area contributed by atoms with Gasteiger partial charge in [0.2, 0.25) is 0 Å². The summed E-state index contributed by atoms with van der Waals surface area (Å²) in [7, 11) is 2.52. The molecule has 3 nitrogen and oxygen atoms in total. The summed E-state index contributed by atoms with van der Waals surface area (Å²) >= 11 is 0. The number of hydrogen-bond donors (Lipinski definition) is 0. The van der Waals surface area contributed by atoms with Crippen LogP contribution in [0.1, 0.15) is 118 Å². The Morgan fingerprint density at radius 3 is 1.38 bits per heavy atom. The van der Waals surface area contributed by atoms with Gasteiger partial charge in [-0.3, -0.25) is 4.90 Å². The van der Waals surface area contributed by atoms with Crippen LogP contribution < -0.4 is 9.47 Å². The van der Waals surface area contributed by atoms with Crippen LogP contribution in [0.2, 0.25) is 0 Å². The lowest BCUT2D eigenvalue weighted by atomic mass is 9.75. The topological polar surface area (TPSA) is 21.7 Å². The molecule has 0 radical (unpaired) electrons. The van der Waals surface area contributed by atoms with Gasteiger partial charge in [0.15, 0.2) is 0 Å². The van der Waals surface area contributed by atoms with E-state index in [1.54, 1.807) is 60.6 Å². The maximum atomic E-state index is 14.7. The third-order valence-corrected chi connectivity index (χ3v) is 12.8. The highest BCUT2D eigenvalue weighted by atomic mass is 19.4. The van der Waals surface area contributed by atoms with E-state index < -0.39 is 81.0 Å². The molecule has 1 aliphatic heterocycles. The van der Waals surface area contributed by atoms with Gasteiger partial charge in [-0.1, -0.05) is 84.0 Å². The van der Waals surface area contributed by atoms with Crippen molar-refractivity contribution in [1.82, 2.24) is 4.90 Å². The smallest absolute Gasteiger partial charge is 0.416 e. The quantitative estimate of drug-likeness (QED) is 0.155. The summed E-state index contributed by atoms with van der Waals surface area (Å²) in [6.45, 7) is 14.0. The van der Waals surface area contributed by atoms with E-state index in [2.05, 4.69) is 0 Å². The molecule has 0 fully saturated rings. The van der Waals surface area contributed by atoms with E-state index in [0.29, 0.717) is 35.4 Å². The van der Waals surface area contributed by atoms with Crippen molar-refractivity contribution >= 4 is 10.8 Å². The Balaban J connectivity index is 1.77. The van der Waals surface area contributed by atoms with Crippen LogP contribution in [-0.2, 0) is 42.1 Å². The highest BCUT2D eigenvalue weighted by Gasteiger charge is 2.43. The number of halogens is 12. The summed E-state index contributed by atoms with van der Waals surface area (Å²) < 4.78 is 189. The Kier molecular flexibility index (Phi) is 12.6. The molecule has 0 spiro atoms. The second kappa shape index (κ2) is 17.1. The first kappa shape index (κ1) is 50.2. The van der Waals surface area contributed by atoms with E-state index in [-0.39, 0.29) is 63.6 Å². The first-order valence-corrected chi connectivity index (χ1v) is 21.6. The predicted molar refractivity (Wildman–Crippen MR) is 240 cm³/mol. The molecule has 6 aromatic carbocycles. The molecule has 0 saturated heterocycles. The summed E-state index contributed by atoms with van der Waals surface area (Å²) in [5.41, 5.74) is -6.93. The molecule has 0 aliphatic carbocycles. The van der Waals surface area contributed by atoms with E-state index in [9.17, 15) is 52.7 Å². The van der Waals surface area contributed by atoms with Gasteiger partial charge in [0.25, 0.3) is 0 Å². The van der Waals surface area contributed by atoms with Gasteiger partial charge in [0, 0.05) is 40.9 Å². The summed E-state index contributed by atoms with van der Waals surface area (Å²) in [6.07, 6.45) is -20.9. The van der Waals surface area contributed by atoms with Gasteiger partial charge in [0.1, 0.15) is 11.5 Å². The van der Waals surface area contributed by atoms with Gasteiger partial charge in [-0.25, -0.2) is 0 Å². The Hall–Kier alpha value is -5.70. The summed E-state index contributed by atoms with van der Waals surface area (Å²) in [5, 5.41) is 1.63. The van der Waals surface area contributed by atoms with Crippen LogP contribution in [0.15, 0.2) is 91.0 Å². The number of nitrogens with zero attached hydrogens (tertiary/aromatic N) is 1. The van der Waals surface area contributed by atoms with Crippen molar-refractivity contribution in [2.45, 2.75) is 110 Å². The van der Waals surface area contributed by atoms with E-state index in [4.69, 9.17) is 9.47 Å². The number of fused-ring (bicyclic) bond motifs is 4. The monoisotopic (exact) mass is 959 g/mol. The van der Waals surface area contributed by atoms with Gasteiger partial charge >= 0.3 is 24.7 Å². The molecule has 0 N–H and O–H groups in total. The van der Waals surface area contributed by atoms with Crippen LogP contribution in [0.3, 0.4) is 0 Å². The molecule has 68 heavy (non-hydrogen) atoms. The average Bonchev–Trinajstić information content (AvgIpc) is 3.35. The van der Waals surface area contributed by atoms with Crippen LogP contribution in [0.25, 0.3) is 44.2 Å². The van der Waals surface area contributed by atoms with Crippen molar-refractivity contribution in [3.8, 4) is 44.9 Å². The number of methoxy groups -OCH3 is 2. The van der Waals surface area contributed by atoms with Gasteiger partial charge < -0.3 is 9.47 Å². The molecule has 0 bridgehead atoms. The Morgan fingerprint density at radius 1 is 0.529 bits per heavy atom. The first-order valence-electron chi connectivity index (χ1n) is 21.6. The minimum absolute atomic E-state index is 0.0185. The van der Waals surface area contributed by atoms with Crippen molar-refractivity contribution < 1.29 is 62.2 Å². The molecule has 15 heteroatoms. The largest absolute Gasteiger partial charge is 0.496 e. The minimum Gasteiger partial charge on any atom is -0.496 e. The number of rotatable bonds is 6. The standard InChI is InChI=1S/C53H49F12NO2/c1-27(36-17-13-15-29-14-11-12-16-37(29)36)66-26-40-38(24-41(48(3,4)5)46(67-9)44(40)30-18-32(50(54,55)56)22-33(19-30)51(57,58)59)39-25-42(49(6,7)8)47(68-10)45(43(39)28(66)2)31-20-34(52(60,61)62)23-35(21-31)53(63,64)65/h11-25,27-28H,26H2,1-10H3. The molecule has 0 saturated carbocycles. The lowest BCUT2D eigenvalue weighted by molar-refractivity contribution is -0.144. The predicted octanol–water partition coefficient (Wildman–Crippen LogP) is 17.2. The van der Waals surface area contributed by atoms with E-state index in [0.717, 1.165) is 16.3 Å². The maximum Gasteiger partial charge on any atom is 0.416 e. The lowest BCUT2D eigenvalue weighted by Crippen LogP contribution is -2.30. The van der Waals surface area contributed by atoms with Crippen LogP contribution in [0.4, 0.5) is 52.7 Å². The second-order valence-electron chi connectivity index (χ2n) is 19.3. The molecule has 362 valence electrons. The molecule has 1 heterocycles. The Labute approximate surface area is 386 Å². The molecular formula is C53H49F12NO2. The zero-order chi connectivity index (χ0) is 50.4. The molecule has 7 rings (SSSR count). The summed E-state index contributed by atoms with van der Waals surface area (Å²) in [6, 6.07) is 17.4. The first-order chi connectivity index (χ1) is 31.3. The van der Waals surface area contributed by atoms with Gasteiger partial charge in [-0.2, -0.15) is 52.7 Å². The fourth-order valence-electron chi connectivity index (χ4n) is 9.52. The zero-order valence-corrected chi connectivity index (χ0v) is 38.8. The van der Waals surface area contributed by atoms with Crippen molar-refractivity contribution in [1.29, 1.82) is 0 Å². The maximum absolute atomic E-state index is 14.7. The second-order valence-corrected chi connectivity index (χ2v) is 19.3. The fourth-order valence-corrected chi connectivity index (χ4v) is 9.52. The number of alkyl halides is 12. The Bertz CT molecular complexity index is 2840. The van der Waals surface area contributed by atoms with Gasteiger partial charge in [-0.05, 0) is 123 Å². The molecule has 1 aliphatic rings. The third-order valence-electron chi connectivity index (χ3n) is 12.8. The Morgan fingerprint density at radius 2 is 0.941 bits per heavy atom. The van der Waals surface area contributed by atoms with Crippen molar-refractivity contribution in [2.75, 3.05) is 14.2 Å². The van der Waals surface area contributed by atoms with Gasteiger partial charge in [0.05, 0.1) is 36.5 Å². The molecule has 6 aromatic rings. The lowest BCUT2D eigenvalue weighted by Gasteiger charge is -2.37.